The van der Waals surface area contributed by atoms with Crippen LogP contribution < -0.4 is 5.69 Å². The molecule has 5 heteroatoms. The summed E-state index contributed by atoms with van der Waals surface area (Å²) in [4.78, 5) is 17.8. The molecule has 0 aliphatic carbocycles. The Morgan fingerprint density at radius 2 is 2.05 bits per heavy atom. The standard InChI is InChI=1S/C17H25N3OS/c1-2-22-13-5-10-19-11-8-14(9-12-19)20-16-7-4-3-6-15(16)18-17(20)21/h3-4,6-7,14H,2,5,8-13H2,1H3,(H,18,21). The molecule has 1 aliphatic heterocycles. The molecule has 2 aromatic rings. The SMILES string of the molecule is CCSCCCN1CCC(n2c(=O)[nH]c3ccccc32)CC1. The number of imidazole rings is 1. The van der Waals surface area contributed by atoms with Crippen LogP contribution in [0.25, 0.3) is 11.0 Å². The van der Waals surface area contributed by atoms with Crippen molar-refractivity contribution < 1.29 is 0 Å². The van der Waals surface area contributed by atoms with Gasteiger partial charge in [-0.05, 0) is 49.4 Å². The topological polar surface area (TPSA) is 41.0 Å². The molecule has 1 saturated heterocycles. The van der Waals surface area contributed by atoms with Gasteiger partial charge in [0.1, 0.15) is 0 Å². The van der Waals surface area contributed by atoms with E-state index in [0.717, 1.165) is 37.0 Å². The Kier molecular flexibility index (Phi) is 5.26. The fourth-order valence-corrected chi connectivity index (χ4v) is 3.99. The smallest absolute Gasteiger partial charge is 0.306 e. The van der Waals surface area contributed by atoms with E-state index in [1.807, 2.05) is 40.6 Å². The Bertz CT molecular complexity index is 655. The zero-order chi connectivity index (χ0) is 15.4. The Labute approximate surface area is 135 Å². The number of hydrogen-bond donors (Lipinski definition) is 1. The monoisotopic (exact) mass is 319 g/mol. The molecule has 2 heterocycles. The van der Waals surface area contributed by atoms with Crippen molar-refractivity contribution in [1.29, 1.82) is 0 Å². The van der Waals surface area contributed by atoms with Crippen molar-refractivity contribution in [2.75, 3.05) is 31.1 Å². The second kappa shape index (κ2) is 7.38. The molecule has 1 aromatic carbocycles. The number of rotatable bonds is 6. The number of nitrogens with zero attached hydrogens (tertiary/aromatic N) is 2. The van der Waals surface area contributed by atoms with Gasteiger partial charge in [0.15, 0.2) is 0 Å². The highest BCUT2D eigenvalue weighted by Gasteiger charge is 2.23. The van der Waals surface area contributed by atoms with E-state index in [1.165, 1.54) is 24.5 Å². The largest absolute Gasteiger partial charge is 0.326 e. The van der Waals surface area contributed by atoms with Gasteiger partial charge in [-0.2, -0.15) is 11.8 Å². The molecule has 0 amide bonds. The van der Waals surface area contributed by atoms with Gasteiger partial charge in [-0.15, -0.1) is 0 Å². The van der Waals surface area contributed by atoms with Crippen molar-refractivity contribution in [3.8, 4) is 0 Å². The van der Waals surface area contributed by atoms with Crippen LogP contribution in [0.1, 0.15) is 32.2 Å². The maximum absolute atomic E-state index is 12.3. The summed E-state index contributed by atoms with van der Waals surface area (Å²) in [5, 5.41) is 0. The zero-order valence-corrected chi connectivity index (χ0v) is 14.1. The number of likely N-dealkylation sites (tertiary alicyclic amines) is 1. The highest BCUT2D eigenvalue weighted by Crippen LogP contribution is 2.24. The van der Waals surface area contributed by atoms with Gasteiger partial charge >= 0.3 is 5.69 Å². The lowest BCUT2D eigenvalue weighted by molar-refractivity contribution is 0.187. The molecule has 0 atom stereocenters. The molecular formula is C17H25N3OS. The van der Waals surface area contributed by atoms with E-state index in [0.29, 0.717) is 6.04 Å². The van der Waals surface area contributed by atoms with Gasteiger partial charge in [0, 0.05) is 19.1 Å². The normalized spacial score (nSPS) is 17.3. The highest BCUT2D eigenvalue weighted by molar-refractivity contribution is 7.99. The average molecular weight is 319 g/mol. The van der Waals surface area contributed by atoms with Crippen molar-refractivity contribution in [2.45, 2.75) is 32.2 Å². The highest BCUT2D eigenvalue weighted by atomic mass is 32.2. The first-order valence-electron chi connectivity index (χ1n) is 8.29. The number of aromatic nitrogens is 2. The number of fused-ring (bicyclic) bond motifs is 1. The molecule has 1 aliphatic rings. The van der Waals surface area contributed by atoms with Crippen LogP contribution in [0.15, 0.2) is 29.1 Å². The summed E-state index contributed by atoms with van der Waals surface area (Å²) in [6, 6.07) is 8.34. The van der Waals surface area contributed by atoms with E-state index in [2.05, 4.69) is 16.8 Å². The molecule has 3 rings (SSSR count). The molecule has 22 heavy (non-hydrogen) atoms. The van der Waals surface area contributed by atoms with E-state index in [4.69, 9.17) is 0 Å². The Morgan fingerprint density at radius 1 is 1.27 bits per heavy atom. The summed E-state index contributed by atoms with van der Waals surface area (Å²) in [5.41, 5.74) is 2.04. The van der Waals surface area contributed by atoms with Crippen molar-refractivity contribution in [3.63, 3.8) is 0 Å². The fourth-order valence-electron chi connectivity index (χ4n) is 3.37. The minimum absolute atomic E-state index is 0.0407. The lowest BCUT2D eigenvalue weighted by Crippen LogP contribution is -2.37. The minimum atomic E-state index is 0.0407. The van der Waals surface area contributed by atoms with E-state index >= 15 is 0 Å². The lowest BCUT2D eigenvalue weighted by atomic mass is 10.0. The van der Waals surface area contributed by atoms with Crippen molar-refractivity contribution in [2.24, 2.45) is 0 Å². The lowest BCUT2D eigenvalue weighted by Gasteiger charge is -2.32. The van der Waals surface area contributed by atoms with Gasteiger partial charge in [0.05, 0.1) is 11.0 Å². The fraction of sp³-hybridized carbons (Fsp3) is 0.588. The van der Waals surface area contributed by atoms with Gasteiger partial charge < -0.3 is 9.88 Å². The molecule has 0 radical (unpaired) electrons. The molecule has 0 bridgehead atoms. The third-order valence-corrected chi connectivity index (χ3v) is 5.50. The van der Waals surface area contributed by atoms with Gasteiger partial charge in [-0.3, -0.25) is 4.57 Å². The van der Waals surface area contributed by atoms with Gasteiger partial charge in [-0.1, -0.05) is 19.1 Å². The van der Waals surface area contributed by atoms with Crippen molar-refractivity contribution in [1.82, 2.24) is 14.5 Å². The predicted octanol–water partition coefficient (Wildman–Crippen LogP) is 3.11. The first kappa shape index (κ1) is 15.7. The molecular weight excluding hydrogens is 294 g/mol. The molecule has 0 saturated carbocycles. The Hall–Kier alpha value is -1.20. The average Bonchev–Trinajstić information content (AvgIpc) is 2.88. The number of benzene rings is 1. The maximum atomic E-state index is 12.3. The van der Waals surface area contributed by atoms with Crippen LogP contribution in [0, 0.1) is 0 Å². The molecule has 0 unspecified atom stereocenters. The maximum Gasteiger partial charge on any atom is 0.326 e. The molecule has 0 spiro atoms. The summed E-state index contributed by atoms with van der Waals surface area (Å²) in [7, 11) is 0. The third kappa shape index (κ3) is 3.41. The number of piperidine rings is 1. The van der Waals surface area contributed by atoms with E-state index < -0.39 is 0 Å². The first-order valence-corrected chi connectivity index (χ1v) is 9.44. The first-order chi connectivity index (χ1) is 10.8. The summed E-state index contributed by atoms with van der Waals surface area (Å²) in [5.74, 6) is 2.48. The summed E-state index contributed by atoms with van der Waals surface area (Å²) < 4.78 is 1.97. The summed E-state index contributed by atoms with van der Waals surface area (Å²) >= 11 is 2.02. The summed E-state index contributed by atoms with van der Waals surface area (Å²) in [6.07, 6.45) is 3.42. The number of aromatic amines is 1. The van der Waals surface area contributed by atoms with Gasteiger partial charge in [-0.25, -0.2) is 4.79 Å². The van der Waals surface area contributed by atoms with Crippen LogP contribution in [0.3, 0.4) is 0 Å². The van der Waals surface area contributed by atoms with E-state index in [-0.39, 0.29) is 5.69 Å². The van der Waals surface area contributed by atoms with Gasteiger partial charge in [0.25, 0.3) is 0 Å². The van der Waals surface area contributed by atoms with Crippen LogP contribution in [-0.4, -0.2) is 45.6 Å². The quantitative estimate of drug-likeness (QED) is 0.832. The molecule has 1 fully saturated rings. The number of hydrogen-bond acceptors (Lipinski definition) is 3. The van der Waals surface area contributed by atoms with Crippen molar-refractivity contribution >= 4 is 22.8 Å². The number of para-hydroxylation sites is 2. The molecule has 1 aromatic heterocycles. The molecule has 120 valence electrons. The van der Waals surface area contributed by atoms with Crippen LogP contribution >= 0.6 is 11.8 Å². The van der Waals surface area contributed by atoms with Gasteiger partial charge in [0.2, 0.25) is 0 Å². The second-order valence-electron chi connectivity index (χ2n) is 5.94. The van der Waals surface area contributed by atoms with Crippen molar-refractivity contribution in [3.05, 3.63) is 34.7 Å². The van der Waals surface area contributed by atoms with Crippen LogP contribution in [0.5, 0.6) is 0 Å². The summed E-state index contributed by atoms with van der Waals surface area (Å²) in [6.45, 7) is 5.62. The van der Waals surface area contributed by atoms with E-state index in [1.54, 1.807) is 0 Å². The van der Waals surface area contributed by atoms with E-state index in [9.17, 15) is 4.79 Å². The Balaban J connectivity index is 1.61. The molecule has 4 nitrogen and oxygen atoms in total. The number of H-pyrrole nitrogens is 1. The van der Waals surface area contributed by atoms with Crippen LogP contribution in [-0.2, 0) is 0 Å². The van der Waals surface area contributed by atoms with Crippen LogP contribution in [0.4, 0.5) is 0 Å². The second-order valence-corrected chi connectivity index (χ2v) is 7.33. The zero-order valence-electron chi connectivity index (χ0n) is 13.3. The number of thioether (sulfide) groups is 1. The van der Waals surface area contributed by atoms with Crippen LogP contribution in [0.2, 0.25) is 0 Å². The predicted molar refractivity (Wildman–Crippen MR) is 94.9 cm³/mol. The molecule has 1 N–H and O–H groups in total. The number of nitrogens with one attached hydrogen (secondary N) is 1. The third-order valence-electron chi connectivity index (χ3n) is 4.51. The Morgan fingerprint density at radius 3 is 2.82 bits per heavy atom. The minimum Gasteiger partial charge on any atom is -0.306 e.